The summed E-state index contributed by atoms with van der Waals surface area (Å²) in [5.41, 5.74) is -4.22. The number of halogens is 5. The average molecular weight is 831 g/mol. The number of anilines is 1. The third-order valence-corrected chi connectivity index (χ3v) is 13.0. The number of hydrogen-bond acceptors (Lipinski definition) is 12. The Morgan fingerprint density at radius 3 is 1.70 bits per heavy atom. The Bertz CT molecular complexity index is 2600. The molecule has 2 aliphatic carbocycles. The van der Waals surface area contributed by atoms with Crippen molar-refractivity contribution in [1.29, 1.82) is 0 Å². The summed E-state index contributed by atoms with van der Waals surface area (Å²) in [5.74, 6) is -0.675. The first kappa shape index (κ1) is 37.7. The number of thiophene rings is 2. The maximum atomic E-state index is 13.0. The summed E-state index contributed by atoms with van der Waals surface area (Å²) in [4.78, 5) is 46.1. The van der Waals surface area contributed by atoms with Crippen LogP contribution in [0.15, 0.2) is 34.4 Å². The first-order valence-corrected chi connectivity index (χ1v) is 20.6. The molecule has 0 spiro atoms. The van der Waals surface area contributed by atoms with Crippen LogP contribution in [0.3, 0.4) is 0 Å². The predicted octanol–water partition coefficient (Wildman–Crippen LogP) is 8.62. The minimum atomic E-state index is -5.93. The molecule has 53 heavy (non-hydrogen) atoms. The van der Waals surface area contributed by atoms with E-state index in [2.05, 4.69) is 24.1 Å². The van der Waals surface area contributed by atoms with Gasteiger partial charge < -0.3 is 9.08 Å². The van der Waals surface area contributed by atoms with Crippen molar-refractivity contribution in [1.82, 2.24) is 29.1 Å². The molecule has 20 heteroatoms. The first-order valence-electron chi connectivity index (χ1n) is 16.8. The number of aromatic nitrogens is 6. The summed E-state index contributed by atoms with van der Waals surface area (Å²) in [6.45, 7) is 0. The molecule has 12 nitrogen and oxygen atoms in total. The van der Waals surface area contributed by atoms with E-state index in [1.807, 2.05) is 29.6 Å². The largest absolute Gasteiger partial charge is 0.534 e. The van der Waals surface area contributed by atoms with E-state index in [0.29, 0.717) is 9.85 Å². The van der Waals surface area contributed by atoms with Gasteiger partial charge in [0.15, 0.2) is 5.75 Å². The lowest BCUT2D eigenvalue weighted by Gasteiger charge is -2.23. The van der Waals surface area contributed by atoms with Crippen molar-refractivity contribution >= 4 is 103 Å². The second kappa shape index (κ2) is 14.6. The molecule has 6 aromatic heterocycles. The fourth-order valence-electron chi connectivity index (χ4n) is 6.99. The van der Waals surface area contributed by atoms with Crippen molar-refractivity contribution in [2.75, 3.05) is 19.0 Å². The van der Waals surface area contributed by atoms with Gasteiger partial charge in [-0.1, -0.05) is 61.7 Å². The van der Waals surface area contributed by atoms with Crippen molar-refractivity contribution in [3.63, 3.8) is 0 Å². The Kier molecular flexibility index (Phi) is 10.4. The molecular formula is C33H32Cl2F3N7O5S3. The molecule has 8 rings (SSSR count). The molecule has 0 saturated heterocycles. The number of fused-ring (bicyclic) bond motifs is 6. The van der Waals surface area contributed by atoms with Gasteiger partial charge in [-0.2, -0.15) is 21.6 Å². The Labute approximate surface area is 318 Å². The van der Waals surface area contributed by atoms with Crippen LogP contribution in [0.1, 0.15) is 76.3 Å². The molecule has 0 unspecified atom stereocenters. The molecule has 2 saturated carbocycles. The van der Waals surface area contributed by atoms with Crippen molar-refractivity contribution in [2.24, 2.45) is 0 Å². The predicted molar refractivity (Wildman–Crippen MR) is 203 cm³/mol. The molecule has 0 N–H and O–H groups in total. The molecule has 2 fully saturated rings. The Hall–Kier alpha value is -3.58. The lowest BCUT2D eigenvalue weighted by Crippen LogP contribution is -2.28. The zero-order chi connectivity index (χ0) is 37.8. The highest BCUT2D eigenvalue weighted by Gasteiger charge is 2.49. The van der Waals surface area contributed by atoms with Gasteiger partial charge in [-0.15, -0.1) is 22.7 Å². The van der Waals surface area contributed by atoms with E-state index in [1.54, 1.807) is 6.33 Å². The first-order chi connectivity index (χ1) is 25.1. The van der Waals surface area contributed by atoms with Crippen molar-refractivity contribution in [3.05, 3.63) is 55.8 Å². The molecule has 0 atom stereocenters. The summed E-state index contributed by atoms with van der Waals surface area (Å²) < 4.78 is 69.7. The quantitative estimate of drug-likeness (QED) is 0.0942. The van der Waals surface area contributed by atoms with Gasteiger partial charge in [0.25, 0.3) is 11.1 Å². The van der Waals surface area contributed by atoms with Crippen LogP contribution in [0.2, 0.25) is 10.3 Å². The number of alkyl halides is 3. The molecule has 2 aliphatic rings. The van der Waals surface area contributed by atoms with Crippen LogP contribution in [0, 0.1) is 0 Å². The third-order valence-electron chi connectivity index (χ3n) is 9.54. The highest BCUT2D eigenvalue weighted by molar-refractivity contribution is 7.88. The fourth-order valence-corrected chi connectivity index (χ4v) is 10.1. The minimum Gasteiger partial charge on any atom is -0.377 e. The zero-order valence-corrected chi connectivity index (χ0v) is 32.3. The van der Waals surface area contributed by atoms with Gasteiger partial charge in [0.1, 0.15) is 34.9 Å². The van der Waals surface area contributed by atoms with Crippen molar-refractivity contribution in [3.8, 4) is 5.75 Å². The standard InChI is InChI=1S/C17H19ClN4OS.C16H13ClF3N3O4S2/c1-21(2)11-8-12(18)20-16-13(11)14-15(24-16)17(23)22(9-19-14)10-6-4-3-5-7-10;17-10-6-9(27-29(25,26)16(18,19)20)11-12-13(28-14(11)22-10)15(24)23(7-21-12)8-4-2-1-3-5-8/h8-10H,3-7H2,1-2H3;6-8H,1-5H2. The van der Waals surface area contributed by atoms with E-state index < -0.39 is 21.4 Å². The molecule has 6 heterocycles. The van der Waals surface area contributed by atoms with Crippen LogP contribution in [-0.2, 0) is 10.1 Å². The average Bonchev–Trinajstić information content (AvgIpc) is 3.68. The van der Waals surface area contributed by atoms with Gasteiger partial charge in [0.2, 0.25) is 0 Å². The number of rotatable bonds is 5. The van der Waals surface area contributed by atoms with Crippen molar-refractivity contribution < 1.29 is 25.8 Å². The third kappa shape index (κ3) is 7.20. The van der Waals surface area contributed by atoms with E-state index in [1.165, 1.54) is 41.5 Å². The second-order valence-corrected chi connectivity index (χ2v) is 17.5. The second-order valence-electron chi connectivity index (χ2n) is 13.2. The summed E-state index contributed by atoms with van der Waals surface area (Å²) >= 11 is 14.3. The van der Waals surface area contributed by atoms with E-state index >= 15 is 0 Å². The van der Waals surface area contributed by atoms with E-state index in [4.69, 9.17) is 23.2 Å². The topological polar surface area (TPSA) is 142 Å². The van der Waals surface area contributed by atoms with Crippen LogP contribution < -0.4 is 20.2 Å². The van der Waals surface area contributed by atoms with Crippen LogP contribution >= 0.6 is 45.9 Å². The molecule has 0 aromatic carbocycles. The maximum absolute atomic E-state index is 13.0. The van der Waals surface area contributed by atoms with E-state index in [9.17, 15) is 31.2 Å². The minimum absolute atomic E-state index is 0.00348. The SMILES string of the molecule is CN(C)c1cc(Cl)nc2sc3c(=O)n(C4CCCCC4)cnc3c12.O=c1c2sc3nc(Cl)cc(OS(=O)(=O)C(F)(F)F)c3c2ncn1C1CCCCC1. The zero-order valence-electron chi connectivity index (χ0n) is 28.3. The Balaban J connectivity index is 0.000000167. The van der Waals surface area contributed by atoms with Crippen LogP contribution in [-0.4, -0.2) is 57.1 Å². The van der Waals surface area contributed by atoms with E-state index in [0.717, 1.165) is 83.8 Å². The summed E-state index contributed by atoms with van der Waals surface area (Å²) in [6.07, 6.45) is 13.6. The summed E-state index contributed by atoms with van der Waals surface area (Å²) in [6, 6.07) is 2.95. The smallest absolute Gasteiger partial charge is 0.377 e. The molecule has 0 aliphatic heterocycles. The number of hydrogen-bond donors (Lipinski definition) is 0. The van der Waals surface area contributed by atoms with Crippen LogP contribution in [0.4, 0.5) is 18.9 Å². The van der Waals surface area contributed by atoms with Gasteiger partial charge in [0, 0.05) is 32.2 Å². The van der Waals surface area contributed by atoms with Crippen LogP contribution in [0.5, 0.6) is 5.75 Å². The molecular weight excluding hydrogens is 799 g/mol. The van der Waals surface area contributed by atoms with Crippen molar-refractivity contribution in [2.45, 2.75) is 81.8 Å². The van der Waals surface area contributed by atoms with Crippen LogP contribution in [0.25, 0.3) is 40.9 Å². The molecule has 0 radical (unpaired) electrons. The Morgan fingerprint density at radius 1 is 0.774 bits per heavy atom. The fraction of sp³-hybridized carbons (Fsp3) is 0.455. The highest BCUT2D eigenvalue weighted by Crippen LogP contribution is 2.41. The maximum Gasteiger partial charge on any atom is 0.534 e. The lowest BCUT2D eigenvalue weighted by molar-refractivity contribution is -0.0499. The molecule has 0 amide bonds. The molecule has 282 valence electrons. The highest BCUT2D eigenvalue weighted by atomic mass is 35.5. The van der Waals surface area contributed by atoms with Gasteiger partial charge in [0.05, 0.1) is 34.6 Å². The molecule has 6 aromatic rings. The molecule has 0 bridgehead atoms. The number of nitrogens with zero attached hydrogens (tertiary/aromatic N) is 7. The van der Waals surface area contributed by atoms with Gasteiger partial charge in [-0.05, 0) is 31.7 Å². The van der Waals surface area contributed by atoms with Gasteiger partial charge in [-0.25, -0.2) is 19.9 Å². The van der Waals surface area contributed by atoms with Gasteiger partial charge in [-0.3, -0.25) is 18.7 Å². The summed E-state index contributed by atoms with van der Waals surface area (Å²) in [5, 5.41) is 0.974. The summed E-state index contributed by atoms with van der Waals surface area (Å²) in [7, 11) is -2.02. The monoisotopic (exact) mass is 829 g/mol. The Morgan fingerprint density at radius 2 is 1.23 bits per heavy atom. The normalized spacial score (nSPS) is 16.4. The van der Waals surface area contributed by atoms with Gasteiger partial charge >= 0.3 is 15.6 Å². The van der Waals surface area contributed by atoms with E-state index in [-0.39, 0.29) is 48.8 Å². The lowest BCUT2D eigenvalue weighted by atomic mass is 9.95. The number of pyridine rings is 2.